The Morgan fingerprint density at radius 2 is 1.91 bits per heavy atom. The third-order valence-electron chi connectivity index (χ3n) is 4.32. The quantitative estimate of drug-likeness (QED) is 0.362. The number of hydrogen-bond donors (Lipinski definition) is 0. The molecule has 1 fully saturated rings. The molecule has 0 saturated heterocycles. The highest BCUT2D eigenvalue weighted by molar-refractivity contribution is 7.98. The van der Waals surface area contributed by atoms with Crippen LogP contribution < -0.4 is 0 Å². The Hall–Kier alpha value is -1.56. The molecule has 0 unspecified atom stereocenters. The molecule has 1 aliphatic carbocycles. The van der Waals surface area contributed by atoms with E-state index in [-0.39, 0.29) is 23.2 Å². The van der Waals surface area contributed by atoms with Crippen LogP contribution in [0.1, 0.15) is 48.9 Å². The molecule has 0 bridgehead atoms. The van der Waals surface area contributed by atoms with Crippen LogP contribution in [0, 0.1) is 10.1 Å². The lowest BCUT2D eigenvalue weighted by Gasteiger charge is -2.27. The number of nitrogens with zero attached hydrogens (tertiary/aromatic N) is 2. The van der Waals surface area contributed by atoms with E-state index in [0.717, 1.165) is 30.6 Å². The van der Waals surface area contributed by atoms with Gasteiger partial charge in [-0.05, 0) is 31.2 Å². The molecule has 1 aliphatic rings. The molecule has 5 nitrogen and oxygen atoms in total. The molecule has 2 rings (SSSR count). The number of carbonyl (C=O) groups is 1. The van der Waals surface area contributed by atoms with E-state index in [0.29, 0.717) is 0 Å². The maximum Gasteiger partial charge on any atom is 0.282 e. The largest absolute Gasteiger partial charge is 0.339 e. The maximum atomic E-state index is 12.8. The van der Waals surface area contributed by atoms with Crippen LogP contribution in [0.25, 0.3) is 0 Å². The van der Waals surface area contributed by atoms with Crippen molar-refractivity contribution in [2.45, 2.75) is 49.5 Å². The molecule has 1 amide bonds. The zero-order chi connectivity index (χ0) is 16.1. The SMILES string of the molecule is CSc1ccc([N+](=O)[O-])c(C(=O)N(C)C2CCCCCC2)c1. The second-order valence-corrected chi connectivity index (χ2v) is 6.58. The number of carbonyl (C=O) groups excluding carboxylic acids is 1. The number of nitro benzene ring substituents is 1. The summed E-state index contributed by atoms with van der Waals surface area (Å²) in [6.45, 7) is 0. The Morgan fingerprint density at radius 1 is 1.27 bits per heavy atom. The third kappa shape index (κ3) is 3.80. The first-order valence-corrected chi connectivity index (χ1v) is 8.86. The van der Waals surface area contributed by atoms with Gasteiger partial charge in [0.25, 0.3) is 11.6 Å². The van der Waals surface area contributed by atoms with Gasteiger partial charge in [-0.1, -0.05) is 25.7 Å². The van der Waals surface area contributed by atoms with Gasteiger partial charge in [0.1, 0.15) is 5.56 Å². The minimum Gasteiger partial charge on any atom is -0.339 e. The Labute approximate surface area is 135 Å². The molecule has 0 radical (unpaired) electrons. The molecule has 0 atom stereocenters. The molecule has 120 valence electrons. The number of benzene rings is 1. The average Bonchev–Trinajstić information content (AvgIpc) is 2.81. The van der Waals surface area contributed by atoms with Crippen LogP contribution in [0.5, 0.6) is 0 Å². The number of hydrogen-bond acceptors (Lipinski definition) is 4. The van der Waals surface area contributed by atoms with Gasteiger partial charge in [0, 0.05) is 24.1 Å². The monoisotopic (exact) mass is 322 g/mol. The predicted octanol–water partition coefficient (Wildman–Crippen LogP) is 4.11. The van der Waals surface area contributed by atoms with Crippen LogP contribution >= 0.6 is 11.8 Å². The van der Waals surface area contributed by atoms with Gasteiger partial charge in [-0.15, -0.1) is 11.8 Å². The molecule has 1 saturated carbocycles. The molecule has 1 aromatic carbocycles. The van der Waals surface area contributed by atoms with Crippen molar-refractivity contribution in [2.75, 3.05) is 13.3 Å². The molecular formula is C16H22N2O3S. The zero-order valence-electron chi connectivity index (χ0n) is 13.1. The standard InChI is InChI=1S/C16H22N2O3S/c1-17(12-7-5-3-4-6-8-12)16(19)14-11-13(22-2)9-10-15(14)18(20)21/h9-12H,3-8H2,1-2H3. The van der Waals surface area contributed by atoms with Gasteiger partial charge in [0.2, 0.25) is 0 Å². The fourth-order valence-electron chi connectivity index (χ4n) is 2.97. The summed E-state index contributed by atoms with van der Waals surface area (Å²) in [6.07, 6.45) is 8.52. The highest BCUT2D eigenvalue weighted by Crippen LogP contribution is 2.28. The predicted molar refractivity (Wildman–Crippen MR) is 88.5 cm³/mol. The summed E-state index contributed by atoms with van der Waals surface area (Å²) in [6, 6.07) is 4.94. The van der Waals surface area contributed by atoms with Crippen molar-refractivity contribution in [1.29, 1.82) is 0 Å². The van der Waals surface area contributed by atoms with Crippen LogP contribution in [-0.4, -0.2) is 35.1 Å². The first kappa shape index (κ1) is 16.8. The second-order valence-electron chi connectivity index (χ2n) is 5.70. The molecular weight excluding hydrogens is 300 g/mol. The van der Waals surface area contributed by atoms with Crippen LogP contribution in [-0.2, 0) is 0 Å². The van der Waals surface area contributed by atoms with E-state index >= 15 is 0 Å². The summed E-state index contributed by atoms with van der Waals surface area (Å²) >= 11 is 1.48. The molecule has 0 N–H and O–H groups in total. The van der Waals surface area contributed by atoms with Gasteiger partial charge in [-0.2, -0.15) is 0 Å². The molecule has 1 aromatic rings. The van der Waals surface area contributed by atoms with Crippen molar-refractivity contribution in [3.63, 3.8) is 0 Å². The minimum absolute atomic E-state index is 0.108. The van der Waals surface area contributed by atoms with Gasteiger partial charge in [-0.25, -0.2) is 0 Å². The minimum atomic E-state index is -0.474. The number of nitro groups is 1. The van der Waals surface area contributed by atoms with E-state index in [2.05, 4.69) is 0 Å². The maximum absolute atomic E-state index is 12.8. The van der Waals surface area contributed by atoms with Crippen molar-refractivity contribution >= 4 is 23.4 Å². The molecule has 6 heteroatoms. The Kier molecular flexibility index (Phi) is 5.83. The van der Waals surface area contributed by atoms with Crippen LogP contribution in [0.3, 0.4) is 0 Å². The average molecular weight is 322 g/mol. The highest BCUT2D eigenvalue weighted by atomic mass is 32.2. The van der Waals surface area contributed by atoms with Crippen LogP contribution in [0.15, 0.2) is 23.1 Å². The topological polar surface area (TPSA) is 63.5 Å². The summed E-state index contributed by atoms with van der Waals surface area (Å²) in [4.78, 5) is 26.1. The molecule has 0 aromatic heterocycles. The van der Waals surface area contributed by atoms with E-state index < -0.39 is 4.92 Å². The van der Waals surface area contributed by atoms with Gasteiger partial charge in [0.05, 0.1) is 4.92 Å². The normalized spacial score (nSPS) is 16.1. The first-order valence-electron chi connectivity index (χ1n) is 7.64. The molecule has 22 heavy (non-hydrogen) atoms. The van der Waals surface area contributed by atoms with Crippen LogP contribution in [0.4, 0.5) is 5.69 Å². The summed E-state index contributed by atoms with van der Waals surface area (Å²) in [7, 11) is 1.77. The van der Waals surface area contributed by atoms with Gasteiger partial charge in [-0.3, -0.25) is 14.9 Å². The lowest BCUT2D eigenvalue weighted by molar-refractivity contribution is -0.385. The lowest BCUT2D eigenvalue weighted by Crippen LogP contribution is -2.37. The van der Waals surface area contributed by atoms with E-state index in [9.17, 15) is 14.9 Å². The van der Waals surface area contributed by atoms with Crippen molar-refractivity contribution in [3.05, 3.63) is 33.9 Å². The van der Waals surface area contributed by atoms with Crippen molar-refractivity contribution < 1.29 is 9.72 Å². The number of rotatable bonds is 4. The number of thioether (sulfide) groups is 1. The second kappa shape index (κ2) is 7.63. The van der Waals surface area contributed by atoms with E-state index in [1.54, 1.807) is 24.1 Å². The molecule has 0 heterocycles. The van der Waals surface area contributed by atoms with Gasteiger partial charge in [0.15, 0.2) is 0 Å². The van der Waals surface area contributed by atoms with Crippen LogP contribution in [0.2, 0.25) is 0 Å². The Morgan fingerprint density at radius 3 is 2.45 bits per heavy atom. The fraction of sp³-hybridized carbons (Fsp3) is 0.562. The fourth-order valence-corrected chi connectivity index (χ4v) is 3.41. The Bertz CT molecular complexity index is 554. The highest BCUT2D eigenvalue weighted by Gasteiger charge is 2.27. The van der Waals surface area contributed by atoms with E-state index in [4.69, 9.17) is 0 Å². The summed E-state index contributed by atoms with van der Waals surface area (Å²) < 4.78 is 0. The van der Waals surface area contributed by atoms with Crippen molar-refractivity contribution in [2.24, 2.45) is 0 Å². The zero-order valence-corrected chi connectivity index (χ0v) is 13.9. The summed E-state index contributed by atoms with van der Waals surface area (Å²) in [5.74, 6) is -0.241. The van der Waals surface area contributed by atoms with Gasteiger partial charge < -0.3 is 4.90 Å². The molecule has 0 aliphatic heterocycles. The first-order chi connectivity index (χ1) is 10.5. The smallest absolute Gasteiger partial charge is 0.282 e. The van der Waals surface area contributed by atoms with E-state index in [1.807, 2.05) is 6.26 Å². The molecule has 0 spiro atoms. The summed E-state index contributed by atoms with van der Waals surface area (Å²) in [5, 5.41) is 11.2. The summed E-state index contributed by atoms with van der Waals surface area (Å²) in [5.41, 5.74) is 0.0897. The Balaban J connectivity index is 2.28. The van der Waals surface area contributed by atoms with E-state index in [1.165, 1.54) is 30.7 Å². The lowest BCUT2D eigenvalue weighted by atomic mass is 10.1. The van der Waals surface area contributed by atoms with Crippen molar-refractivity contribution in [1.82, 2.24) is 4.90 Å². The third-order valence-corrected chi connectivity index (χ3v) is 5.05. The van der Waals surface area contributed by atoms with Crippen molar-refractivity contribution in [3.8, 4) is 0 Å². The number of amides is 1. The van der Waals surface area contributed by atoms with Gasteiger partial charge >= 0.3 is 0 Å².